The second-order valence-corrected chi connectivity index (χ2v) is 6.30. The second-order valence-electron chi connectivity index (χ2n) is 5.07. The summed E-state index contributed by atoms with van der Waals surface area (Å²) in [5.74, 6) is -0.643. The lowest BCUT2D eigenvalue weighted by molar-refractivity contribution is -0.123. The summed E-state index contributed by atoms with van der Waals surface area (Å²) < 4.78 is 0.635. The molecule has 6 nitrogen and oxygen atoms in total. The van der Waals surface area contributed by atoms with E-state index in [1.807, 2.05) is 0 Å². The number of hydrogen-bond donors (Lipinski definition) is 2. The highest BCUT2D eigenvalue weighted by atomic mass is 79.9. The molecule has 2 N–H and O–H groups in total. The molecule has 2 saturated heterocycles. The first-order chi connectivity index (χ1) is 9.93. The maximum Gasteiger partial charge on any atom is 0.322 e. The molecular weight excluding hydrogens is 362 g/mol. The SMILES string of the molecule is O=C1NC(=O)C2(CCN(C(=O)c3cccc(Br)c3Cl)C2)N1. The molecule has 2 aliphatic heterocycles. The van der Waals surface area contributed by atoms with E-state index in [1.165, 1.54) is 4.90 Å². The molecule has 1 aromatic rings. The Bertz CT molecular complexity index is 666. The lowest BCUT2D eigenvalue weighted by Crippen LogP contribution is -2.49. The Morgan fingerprint density at radius 3 is 2.81 bits per heavy atom. The van der Waals surface area contributed by atoms with E-state index in [0.29, 0.717) is 28.0 Å². The molecule has 0 radical (unpaired) electrons. The van der Waals surface area contributed by atoms with Crippen LogP contribution < -0.4 is 10.6 Å². The molecular formula is C13H11BrClN3O3. The Balaban J connectivity index is 1.83. The third-order valence-electron chi connectivity index (χ3n) is 3.75. The summed E-state index contributed by atoms with van der Waals surface area (Å²) in [6, 6.07) is 4.58. The van der Waals surface area contributed by atoms with Crippen molar-refractivity contribution < 1.29 is 14.4 Å². The maximum absolute atomic E-state index is 12.5. The number of carbonyl (C=O) groups excluding carboxylic acids is 3. The Morgan fingerprint density at radius 1 is 1.38 bits per heavy atom. The van der Waals surface area contributed by atoms with Crippen LogP contribution in [0.4, 0.5) is 4.79 Å². The zero-order valence-electron chi connectivity index (χ0n) is 10.8. The third-order valence-corrected chi connectivity index (χ3v) is 5.05. The van der Waals surface area contributed by atoms with Gasteiger partial charge in [0.25, 0.3) is 11.8 Å². The number of imide groups is 1. The molecule has 0 saturated carbocycles. The van der Waals surface area contributed by atoms with Gasteiger partial charge in [-0.3, -0.25) is 14.9 Å². The van der Waals surface area contributed by atoms with Gasteiger partial charge in [-0.1, -0.05) is 17.7 Å². The minimum atomic E-state index is -1.01. The number of amides is 4. The van der Waals surface area contributed by atoms with Gasteiger partial charge in [-0.2, -0.15) is 0 Å². The molecule has 1 spiro atoms. The molecule has 1 atom stereocenters. The molecule has 3 rings (SSSR count). The lowest BCUT2D eigenvalue weighted by atomic mass is 9.99. The molecule has 2 aliphatic rings. The number of nitrogens with zero attached hydrogens (tertiary/aromatic N) is 1. The lowest BCUT2D eigenvalue weighted by Gasteiger charge is -2.21. The monoisotopic (exact) mass is 371 g/mol. The van der Waals surface area contributed by atoms with E-state index in [9.17, 15) is 14.4 Å². The third kappa shape index (κ3) is 2.30. The molecule has 1 aromatic carbocycles. The van der Waals surface area contributed by atoms with Crippen LogP contribution in [0.3, 0.4) is 0 Å². The fourth-order valence-electron chi connectivity index (χ4n) is 2.64. The van der Waals surface area contributed by atoms with E-state index in [0.717, 1.165) is 0 Å². The first kappa shape index (κ1) is 14.3. The average molecular weight is 373 g/mol. The number of hydrogen-bond acceptors (Lipinski definition) is 3. The Morgan fingerprint density at radius 2 is 2.14 bits per heavy atom. The quantitative estimate of drug-likeness (QED) is 0.734. The van der Waals surface area contributed by atoms with Crippen LogP contribution in [0.25, 0.3) is 0 Å². The van der Waals surface area contributed by atoms with Gasteiger partial charge in [0.05, 0.1) is 17.1 Å². The molecule has 4 amide bonds. The molecule has 2 heterocycles. The predicted molar refractivity (Wildman–Crippen MR) is 79.1 cm³/mol. The summed E-state index contributed by atoms with van der Waals surface area (Å²) >= 11 is 9.40. The highest BCUT2D eigenvalue weighted by Gasteiger charge is 2.51. The van der Waals surface area contributed by atoms with Crippen LogP contribution in [0.15, 0.2) is 22.7 Å². The Labute approximate surface area is 133 Å². The van der Waals surface area contributed by atoms with E-state index in [4.69, 9.17) is 11.6 Å². The van der Waals surface area contributed by atoms with Gasteiger partial charge in [0.1, 0.15) is 5.54 Å². The maximum atomic E-state index is 12.5. The van der Waals surface area contributed by atoms with E-state index in [2.05, 4.69) is 26.6 Å². The van der Waals surface area contributed by atoms with Crippen molar-refractivity contribution in [1.29, 1.82) is 0 Å². The van der Waals surface area contributed by atoms with Crippen molar-refractivity contribution >= 4 is 45.4 Å². The zero-order chi connectivity index (χ0) is 15.2. The minimum absolute atomic E-state index is 0.145. The van der Waals surface area contributed by atoms with Gasteiger partial charge < -0.3 is 10.2 Å². The number of halogens is 2. The van der Waals surface area contributed by atoms with Crippen molar-refractivity contribution in [2.75, 3.05) is 13.1 Å². The van der Waals surface area contributed by atoms with E-state index < -0.39 is 11.6 Å². The van der Waals surface area contributed by atoms with Gasteiger partial charge >= 0.3 is 6.03 Å². The summed E-state index contributed by atoms with van der Waals surface area (Å²) in [4.78, 5) is 37.2. The topological polar surface area (TPSA) is 78.5 Å². The van der Waals surface area contributed by atoms with Gasteiger partial charge in [0, 0.05) is 11.0 Å². The standard InChI is InChI=1S/C13H11BrClN3O3/c14-8-3-1-2-7(9(8)15)10(19)18-5-4-13(6-18)11(20)16-12(21)17-13/h1-3H,4-6H2,(H2,16,17,20,21). The van der Waals surface area contributed by atoms with Crippen molar-refractivity contribution in [2.24, 2.45) is 0 Å². The highest BCUT2D eigenvalue weighted by Crippen LogP contribution is 2.30. The van der Waals surface area contributed by atoms with Crippen molar-refractivity contribution in [3.8, 4) is 0 Å². The van der Waals surface area contributed by atoms with Crippen molar-refractivity contribution in [3.63, 3.8) is 0 Å². The normalized spacial score (nSPS) is 24.4. The van der Waals surface area contributed by atoms with Crippen LogP contribution in [-0.2, 0) is 4.79 Å². The van der Waals surface area contributed by atoms with E-state index in [-0.39, 0.29) is 18.4 Å². The molecule has 1 unspecified atom stereocenters. The van der Waals surface area contributed by atoms with Gasteiger partial charge in [0.2, 0.25) is 0 Å². The van der Waals surface area contributed by atoms with Crippen LogP contribution in [0.2, 0.25) is 5.02 Å². The molecule has 2 fully saturated rings. The zero-order valence-corrected chi connectivity index (χ0v) is 13.1. The van der Waals surface area contributed by atoms with Crippen LogP contribution in [0, 0.1) is 0 Å². The average Bonchev–Trinajstić information content (AvgIpc) is 2.97. The number of rotatable bonds is 1. The van der Waals surface area contributed by atoms with Crippen molar-refractivity contribution in [3.05, 3.63) is 33.3 Å². The first-order valence-corrected chi connectivity index (χ1v) is 7.47. The number of benzene rings is 1. The number of likely N-dealkylation sites (tertiary alicyclic amines) is 1. The fourth-order valence-corrected chi connectivity index (χ4v) is 3.21. The predicted octanol–water partition coefficient (Wildman–Crippen LogP) is 1.53. The number of carbonyl (C=O) groups is 3. The molecule has 21 heavy (non-hydrogen) atoms. The van der Waals surface area contributed by atoms with Gasteiger partial charge in [-0.25, -0.2) is 4.79 Å². The second kappa shape index (κ2) is 4.99. The molecule has 0 aromatic heterocycles. The largest absolute Gasteiger partial charge is 0.336 e. The first-order valence-electron chi connectivity index (χ1n) is 6.30. The summed E-state index contributed by atoms with van der Waals surface area (Å²) in [5, 5.41) is 5.15. The van der Waals surface area contributed by atoms with Gasteiger partial charge in [0.15, 0.2) is 0 Å². The van der Waals surface area contributed by atoms with E-state index >= 15 is 0 Å². The van der Waals surface area contributed by atoms with Crippen LogP contribution in [0.5, 0.6) is 0 Å². The molecule has 0 aliphatic carbocycles. The van der Waals surface area contributed by atoms with Crippen molar-refractivity contribution in [1.82, 2.24) is 15.5 Å². The summed E-state index contributed by atoms with van der Waals surface area (Å²) in [6.45, 7) is 0.529. The number of nitrogens with one attached hydrogen (secondary N) is 2. The Hall–Kier alpha value is -1.60. The van der Waals surface area contributed by atoms with Crippen LogP contribution in [0.1, 0.15) is 16.8 Å². The molecule has 0 bridgehead atoms. The fraction of sp³-hybridized carbons (Fsp3) is 0.308. The number of urea groups is 1. The van der Waals surface area contributed by atoms with Crippen LogP contribution >= 0.6 is 27.5 Å². The smallest absolute Gasteiger partial charge is 0.322 e. The van der Waals surface area contributed by atoms with Gasteiger partial charge in [-0.15, -0.1) is 0 Å². The highest BCUT2D eigenvalue weighted by molar-refractivity contribution is 9.10. The molecule has 8 heteroatoms. The molecule has 110 valence electrons. The van der Waals surface area contributed by atoms with Gasteiger partial charge in [-0.05, 0) is 34.5 Å². The Kier molecular flexibility index (Phi) is 3.41. The van der Waals surface area contributed by atoms with Crippen molar-refractivity contribution in [2.45, 2.75) is 12.0 Å². The summed E-state index contributed by atoms with van der Waals surface area (Å²) in [7, 11) is 0. The van der Waals surface area contributed by atoms with E-state index in [1.54, 1.807) is 18.2 Å². The summed E-state index contributed by atoms with van der Waals surface area (Å²) in [6.07, 6.45) is 0.391. The minimum Gasteiger partial charge on any atom is -0.336 e. The summed E-state index contributed by atoms with van der Waals surface area (Å²) in [5.41, 5.74) is -0.640. The van der Waals surface area contributed by atoms with Crippen LogP contribution in [-0.4, -0.2) is 41.4 Å².